The van der Waals surface area contributed by atoms with Crippen LogP contribution in [0, 0.1) is 0 Å². The van der Waals surface area contributed by atoms with Gasteiger partial charge in [-0.25, -0.2) is 0 Å². The maximum Gasteiger partial charge on any atom is 0.303 e. The third-order valence-corrected chi connectivity index (χ3v) is 3.53. The number of nitrogens with zero attached hydrogens (tertiary/aromatic N) is 1. The van der Waals surface area contributed by atoms with Crippen molar-refractivity contribution in [2.24, 2.45) is 10.7 Å². The Morgan fingerprint density at radius 3 is 2.68 bits per heavy atom. The first kappa shape index (κ1) is 13.9. The van der Waals surface area contributed by atoms with Gasteiger partial charge in [0.05, 0.1) is 6.42 Å². The highest BCUT2D eigenvalue weighted by atomic mass is 16.4. The summed E-state index contributed by atoms with van der Waals surface area (Å²) in [6, 6.07) is 10.9. The van der Waals surface area contributed by atoms with E-state index in [1.807, 2.05) is 24.3 Å². The Morgan fingerprint density at radius 2 is 1.95 bits per heavy atom. The molecule has 0 saturated heterocycles. The van der Waals surface area contributed by atoms with Gasteiger partial charge >= 0.3 is 5.97 Å². The Balaban J connectivity index is 2.22. The van der Waals surface area contributed by atoms with E-state index in [0.717, 1.165) is 11.3 Å². The summed E-state index contributed by atoms with van der Waals surface area (Å²) < 4.78 is 0. The number of rotatable bonds is 4. The number of para-hydroxylation sites is 1. The SMILES string of the molecule is NC(=O)c1c(CCC(=O)O)ccc2c1=[C+]c1ccccc1N=2. The van der Waals surface area contributed by atoms with E-state index in [2.05, 4.69) is 11.1 Å². The molecule has 0 fully saturated rings. The van der Waals surface area contributed by atoms with Gasteiger partial charge in [-0.1, -0.05) is 0 Å². The minimum absolute atomic E-state index is 0.0627. The minimum Gasteiger partial charge on any atom is -0.481 e. The number of carboxylic acids is 1. The van der Waals surface area contributed by atoms with Gasteiger partial charge in [-0.3, -0.25) is 9.59 Å². The molecule has 1 amide bonds. The highest BCUT2D eigenvalue weighted by molar-refractivity contribution is 5.95. The molecule has 0 atom stereocenters. The molecule has 3 rings (SSSR count). The van der Waals surface area contributed by atoms with Crippen molar-refractivity contribution in [3.05, 3.63) is 63.7 Å². The van der Waals surface area contributed by atoms with Crippen LogP contribution in [-0.2, 0) is 11.2 Å². The average Bonchev–Trinajstić information content (AvgIpc) is 2.49. The van der Waals surface area contributed by atoms with Crippen LogP contribution in [0.2, 0.25) is 0 Å². The number of primary amides is 1. The monoisotopic (exact) mass is 293 g/mol. The molecule has 5 nitrogen and oxygen atoms in total. The summed E-state index contributed by atoms with van der Waals surface area (Å²) in [5.41, 5.74) is 7.97. The number of carbonyl (C=O) groups is 2. The molecule has 108 valence electrons. The zero-order valence-corrected chi connectivity index (χ0v) is 11.7. The lowest BCUT2D eigenvalue weighted by Crippen LogP contribution is -2.36. The maximum absolute atomic E-state index is 11.8. The number of aryl methyl sites for hydroxylation is 1. The third-order valence-electron chi connectivity index (χ3n) is 3.53. The molecule has 0 saturated carbocycles. The van der Waals surface area contributed by atoms with E-state index in [1.54, 1.807) is 12.1 Å². The molecule has 3 N–H and O–H groups in total. The lowest BCUT2D eigenvalue weighted by atomic mass is 9.97. The van der Waals surface area contributed by atoms with Crippen molar-refractivity contribution in [1.82, 2.24) is 0 Å². The summed E-state index contributed by atoms with van der Waals surface area (Å²) in [4.78, 5) is 27.1. The maximum atomic E-state index is 11.8. The Labute approximate surface area is 126 Å². The van der Waals surface area contributed by atoms with E-state index in [1.165, 1.54) is 0 Å². The first-order chi connectivity index (χ1) is 10.6. The van der Waals surface area contributed by atoms with Crippen molar-refractivity contribution < 1.29 is 14.7 Å². The Hall–Kier alpha value is -3.04. The predicted molar refractivity (Wildman–Crippen MR) is 80.3 cm³/mol. The van der Waals surface area contributed by atoms with Gasteiger partial charge in [0, 0.05) is 29.8 Å². The van der Waals surface area contributed by atoms with Crippen LogP contribution in [0.25, 0.3) is 6.08 Å². The van der Waals surface area contributed by atoms with Gasteiger partial charge in [-0.15, -0.1) is 0 Å². The minimum atomic E-state index is -0.920. The van der Waals surface area contributed by atoms with Gasteiger partial charge in [-0.05, 0) is 24.6 Å². The molecule has 2 aromatic carbocycles. The normalized spacial score (nSPS) is 11.3. The van der Waals surface area contributed by atoms with Gasteiger partial charge in [0.1, 0.15) is 11.1 Å². The van der Waals surface area contributed by atoms with Crippen molar-refractivity contribution >= 4 is 23.6 Å². The Kier molecular flexibility index (Phi) is 3.41. The number of hydrogen-bond acceptors (Lipinski definition) is 3. The van der Waals surface area contributed by atoms with Crippen LogP contribution in [0.5, 0.6) is 0 Å². The van der Waals surface area contributed by atoms with Crippen LogP contribution >= 0.6 is 0 Å². The van der Waals surface area contributed by atoms with E-state index in [0.29, 0.717) is 21.7 Å². The number of aliphatic carboxylic acids is 1. The fourth-order valence-corrected chi connectivity index (χ4v) is 2.53. The zero-order valence-electron chi connectivity index (χ0n) is 11.7. The van der Waals surface area contributed by atoms with Crippen LogP contribution in [-0.4, -0.2) is 17.0 Å². The van der Waals surface area contributed by atoms with Crippen molar-refractivity contribution in [3.8, 4) is 0 Å². The standard InChI is InChI=1S/C17H12N2O3/c18-17(22)16-10(6-8-15(20)21)5-7-14-12(16)9-11-3-1-2-4-13(11)19-14/h1-5,7H,6,8H2,(H2-,18,20,21,22)/p+1. The number of benzene rings is 2. The van der Waals surface area contributed by atoms with Crippen LogP contribution in [0.4, 0.5) is 5.69 Å². The number of fused-ring (bicyclic) bond motifs is 2. The van der Waals surface area contributed by atoms with Crippen molar-refractivity contribution in [2.45, 2.75) is 12.8 Å². The van der Waals surface area contributed by atoms with Gasteiger partial charge in [0.2, 0.25) is 0 Å². The second-order valence-electron chi connectivity index (χ2n) is 5.01. The Morgan fingerprint density at radius 1 is 1.18 bits per heavy atom. The van der Waals surface area contributed by atoms with Crippen LogP contribution < -0.4 is 16.3 Å². The number of hydrogen-bond donors (Lipinski definition) is 2. The first-order valence-corrected chi connectivity index (χ1v) is 6.81. The summed E-state index contributed by atoms with van der Waals surface area (Å²) >= 11 is 0. The van der Waals surface area contributed by atoms with Crippen molar-refractivity contribution in [1.29, 1.82) is 0 Å². The first-order valence-electron chi connectivity index (χ1n) is 6.81. The summed E-state index contributed by atoms with van der Waals surface area (Å²) in [7, 11) is 0. The summed E-state index contributed by atoms with van der Waals surface area (Å²) in [6.45, 7) is 0. The van der Waals surface area contributed by atoms with Crippen LogP contribution in [0.1, 0.15) is 27.9 Å². The summed E-state index contributed by atoms with van der Waals surface area (Å²) in [5.74, 6) is -1.52. The average molecular weight is 293 g/mol. The fraction of sp³-hybridized carbons (Fsp3) is 0.118. The van der Waals surface area contributed by atoms with E-state index >= 15 is 0 Å². The van der Waals surface area contributed by atoms with E-state index in [-0.39, 0.29) is 12.8 Å². The number of carboxylic acid groups (broad SMARTS) is 1. The highest BCUT2D eigenvalue weighted by Gasteiger charge is 2.21. The molecule has 1 aliphatic heterocycles. The summed E-state index contributed by atoms with van der Waals surface area (Å²) in [6.07, 6.45) is 3.35. The van der Waals surface area contributed by atoms with Gasteiger partial charge in [0.25, 0.3) is 5.91 Å². The molecule has 2 aromatic rings. The topological polar surface area (TPSA) is 92.8 Å². The smallest absolute Gasteiger partial charge is 0.303 e. The van der Waals surface area contributed by atoms with E-state index < -0.39 is 11.9 Å². The zero-order chi connectivity index (χ0) is 15.7. The Bertz CT molecular complexity index is 901. The second-order valence-corrected chi connectivity index (χ2v) is 5.01. The molecule has 0 unspecified atom stereocenters. The van der Waals surface area contributed by atoms with E-state index in [9.17, 15) is 9.59 Å². The lowest BCUT2D eigenvalue weighted by Gasteiger charge is -2.05. The fourth-order valence-electron chi connectivity index (χ4n) is 2.53. The van der Waals surface area contributed by atoms with Gasteiger partial charge in [-0.2, -0.15) is 4.99 Å². The van der Waals surface area contributed by atoms with Gasteiger partial charge in [0.15, 0.2) is 16.3 Å². The number of amides is 1. The molecule has 1 aliphatic rings. The second kappa shape index (κ2) is 5.39. The summed E-state index contributed by atoms with van der Waals surface area (Å²) in [5, 5.41) is 9.98. The molecule has 0 aliphatic carbocycles. The molecule has 0 radical (unpaired) electrons. The van der Waals surface area contributed by atoms with Crippen LogP contribution in [0.3, 0.4) is 0 Å². The van der Waals surface area contributed by atoms with Crippen molar-refractivity contribution in [2.75, 3.05) is 0 Å². The predicted octanol–water partition coefficient (Wildman–Crippen LogP) is 0.773. The molecule has 22 heavy (non-hydrogen) atoms. The molecule has 0 bridgehead atoms. The molecular formula is C17H13N2O3+. The molecule has 0 spiro atoms. The lowest BCUT2D eigenvalue weighted by molar-refractivity contribution is -0.136. The molecule has 5 heteroatoms. The number of carbonyl (C=O) groups excluding carboxylic acids is 1. The highest BCUT2D eigenvalue weighted by Crippen LogP contribution is 2.20. The third kappa shape index (κ3) is 2.45. The quantitative estimate of drug-likeness (QED) is 0.696. The molecule has 0 aromatic heterocycles. The molecular weight excluding hydrogens is 280 g/mol. The molecule has 1 heterocycles. The van der Waals surface area contributed by atoms with E-state index in [4.69, 9.17) is 10.8 Å². The van der Waals surface area contributed by atoms with Crippen LogP contribution in [0.15, 0.2) is 41.4 Å². The van der Waals surface area contributed by atoms with Gasteiger partial charge < -0.3 is 10.8 Å². The van der Waals surface area contributed by atoms with Crippen molar-refractivity contribution in [3.63, 3.8) is 0 Å². The number of nitrogens with two attached hydrogens (primary N) is 1. The largest absolute Gasteiger partial charge is 0.481 e.